The van der Waals surface area contributed by atoms with Crippen molar-refractivity contribution >= 4 is 28.5 Å². The van der Waals surface area contributed by atoms with Crippen LogP contribution >= 0.6 is 11.6 Å². The lowest BCUT2D eigenvalue weighted by molar-refractivity contribution is 0.0328. The van der Waals surface area contributed by atoms with Crippen LogP contribution in [0.25, 0.3) is 10.9 Å². The lowest BCUT2D eigenvalue weighted by Gasteiger charge is -2.11. The molecule has 0 saturated carbocycles. The Morgan fingerprint density at radius 3 is 2.89 bits per heavy atom. The Bertz CT molecular complexity index is 583. The van der Waals surface area contributed by atoms with Crippen LogP contribution in [0.3, 0.4) is 0 Å². The molecule has 18 heavy (non-hydrogen) atoms. The fourth-order valence-electron chi connectivity index (χ4n) is 1.56. The van der Waals surface area contributed by atoms with Crippen molar-refractivity contribution in [1.82, 2.24) is 4.98 Å². The normalized spacial score (nSPS) is 12.4. The Labute approximate surface area is 111 Å². The molecule has 3 nitrogen and oxygen atoms in total. The summed E-state index contributed by atoms with van der Waals surface area (Å²) in [6, 6.07) is 8.98. The van der Waals surface area contributed by atoms with Crippen LogP contribution in [0.2, 0.25) is 5.02 Å². The molecule has 2 rings (SSSR count). The molecule has 0 spiro atoms. The highest BCUT2D eigenvalue weighted by atomic mass is 35.5. The zero-order valence-corrected chi connectivity index (χ0v) is 11.1. The van der Waals surface area contributed by atoms with Crippen molar-refractivity contribution < 1.29 is 9.53 Å². The largest absolute Gasteiger partial charge is 0.458 e. The molecule has 0 N–H and O–H groups in total. The first-order chi connectivity index (χ1) is 8.61. The molecule has 1 aromatic carbocycles. The summed E-state index contributed by atoms with van der Waals surface area (Å²) in [5.41, 5.74) is 0.945. The van der Waals surface area contributed by atoms with E-state index in [1.807, 2.05) is 38.1 Å². The number of hydrogen-bond acceptors (Lipinski definition) is 3. The van der Waals surface area contributed by atoms with Gasteiger partial charge in [-0.05, 0) is 25.5 Å². The number of aromatic nitrogens is 1. The fraction of sp³-hybridized carbons (Fsp3) is 0.286. The molecular weight excluding hydrogens is 250 g/mol. The minimum absolute atomic E-state index is 0.121. The summed E-state index contributed by atoms with van der Waals surface area (Å²) in [5.74, 6) is -0.433. The second-order valence-corrected chi connectivity index (χ2v) is 4.54. The Morgan fingerprint density at radius 1 is 1.44 bits per heavy atom. The Balaban J connectivity index is 2.37. The number of hydrogen-bond donors (Lipinski definition) is 0. The van der Waals surface area contributed by atoms with Gasteiger partial charge in [0.05, 0.1) is 16.6 Å². The van der Waals surface area contributed by atoms with Gasteiger partial charge in [0.15, 0.2) is 5.69 Å². The molecule has 0 saturated heterocycles. The predicted molar refractivity (Wildman–Crippen MR) is 71.9 cm³/mol. The monoisotopic (exact) mass is 263 g/mol. The van der Waals surface area contributed by atoms with Crippen molar-refractivity contribution in [2.45, 2.75) is 26.4 Å². The summed E-state index contributed by atoms with van der Waals surface area (Å²) in [6.07, 6.45) is 0.650. The molecule has 0 aliphatic heterocycles. The summed E-state index contributed by atoms with van der Waals surface area (Å²) in [5, 5.41) is 1.34. The number of ether oxygens (including phenoxy) is 1. The van der Waals surface area contributed by atoms with Crippen molar-refractivity contribution in [2.75, 3.05) is 0 Å². The van der Waals surface area contributed by atoms with Gasteiger partial charge >= 0.3 is 5.97 Å². The Kier molecular flexibility index (Phi) is 3.82. The smallest absolute Gasteiger partial charge is 0.357 e. The van der Waals surface area contributed by atoms with Crippen LogP contribution in [0.4, 0.5) is 0 Å². The third-order valence-corrected chi connectivity index (χ3v) is 3.07. The zero-order valence-electron chi connectivity index (χ0n) is 10.3. The van der Waals surface area contributed by atoms with Gasteiger partial charge in [-0.15, -0.1) is 0 Å². The lowest BCUT2D eigenvalue weighted by atomic mass is 10.2. The topological polar surface area (TPSA) is 39.2 Å². The summed E-state index contributed by atoms with van der Waals surface area (Å²) in [4.78, 5) is 16.1. The van der Waals surface area contributed by atoms with Gasteiger partial charge in [0.2, 0.25) is 0 Å². The number of carbonyl (C=O) groups excluding carboxylic acids is 1. The van der Waals surface area contributed by atoms with E-state index >= 15 is 0 Å². The number of carbonyl (C=O) groups is 1. The molecule has 0 amide bonds. The average Bonchev–Trinajstić information content (AvgIpc) is 2.38. The van der Waals surface area contributed by atoms with E-state index in [1.165, 1.54) is 0 Å². The molecule has 0 radical (unpaired) electrons. The molecule has 94 valence electrons. The predicted octanol–water partition coefficient (Wildman–Crippen LogP) is 3.84. The minimum atomic E-state index is -0.433. The standard InChI is InChI=1S/C14H14ClNO2/c1-3-9(2)18-14(17)13-8-11(15)10-6-4-5-7-12(10)16-13/h4-9H,3H2,1-2H3. The summed E-state index contributed by atoms with van der Waals surface area (Å²) in [7, 11) is 0. The van der Waals surface area contributed by atoms with Crippen LogP contribution in [0.15, 0.2) is 30.3 Å². The number of para-hydroxylation sites is 1. The van der Waals surface area contributed by atoms with Gasteiger partial charge in [-0.2, -0.15) is 0 Å². The molecule has 0 aliphatic carbocycles. The first kappa shape index (κ1) is 12.8. The fourth-order valence-corrected chi connectivity index (χ4v) is 1.83. The van der Waals surface area contributed by atoms with Crippen LogP contribution in [-0.4, -0.2) is 17.1 Å². The second kappa shape index (κ2) is 5.36. The van der Waals surface area contributed by atoms with Gasteiger partial charge in [-0.1, -0.05) is 36.7 Å². The van der Waals surface area contributed by atoms with E-state index in [-0.39, 0.29) is 11.8 Å². The third-order valence-electron chi connectivity index (χ3n) is 2.76. The molecular formula is C14H14ClNO2. The van der Waals surface area contributed by atoms with E-state index in [1.54, 1.807) is 6.07 Å². The Hall–Kier alpha value is -1.61. The van der Waals surface area contributed by atoms with Gasteiger partial charge in [-0.3, -0.25) is 0 Å². The van der Waals surface area contributed by atoms with E-state index in [0.29, 0.717) is 10.5 Å². The van der Waals surface area contributed by atoms with Gasteiger partial charge < -0.3 is 4.74 Å². The van der Waals surface area contributed by atoms with Crippen LogP contribution in [-0.2, 0) is 4.74 Å². The van der Waals surface area contributed by atoms with Crippen molar-refractivity contribution in [1.29, 1.82) is 0 Å². The second-order valence-electron chi connectivity index (χ2n) is 4.13. The number of fused-ring (bicyclic) bond motifs is 1. The molecule has 0 aliphatic rings. The van der Waals surface area contributed by atoms with Crippen LogP contribution in [0, 0.1) is 0 Å². The number of benzene rings is 1. The highest BCUT2D eigenvalue weighted by Crippen LogP contribution is 2.23. The van der Waals surface area contributed by atoms with Crippen molar-refractivity contribution in [3.05, 3.63) is 41.0 Å². The van der Waals surface area contributed by atoms with Crippen LogP contribution in [0.1, 0.15) is 30.8 Å². The molecule has 1 unspecified atom stereocenters. The van der Waals surface area contributed by atoms with E-state index < -0.39 is 5.97 Å². The van der Waals surface area contributed by atoms with Crippen molar-refractivity contribution in [3.8, 4) is 0 Å². The van der Waals surface area contributed by atoms with Crippen molar-refractivity contribution in [3.63, 3.8) is 0 Å². The molecule has 1 atom stereocenters. The van der Waals surface area contributed by atoms with Gasteiger partial charge in [0.25, 0.3) is 0 Å². The molecule has 4 heteroatoms. The highest BCUT2D eigenvalue weighted by molar-refractivity contribution is 6.35. The van der Waals surface area contributed by atoms with Gasteiger partial charge in [-0.25, -0.2) is 9.78 Å². The summed E-state index contributed by atoms with van der Waals surface area (Å²) < 4.78 is 5.23. The maximum atomic E-state index is 11.9. The maximum absolute atomic E-state index is 11.9. The Morgan fingerprint density at radius 2 is 2.17 bits per heavy atom. The highest BCUT2D eigenvalue weighted by Gasteiger charge is 2.14. The lowest BCUT2D eigenvalue weighted by Crippen LogP contribution is -2.15. The minimum Gasteiger partial charge on any atom is -0.458 e. The number of esters is 1. The number of rotatable bonds is 3. The third kappa shape index (κ3) is 2.62. The van der Waals surface area contributed by atoms with Gasteiger partial charge in [0.1, 0.15) is 0 Å². The zero-order chi connectivity index (χ0) is 13.1. The summed E-state index contributed by atoms with van der Waals surface area (Å²) >= 11 is 6.13. The van der Waals surface area contributed by atoms with Crippen molar-refractivity contribution in [2.24, 2.45) is 0 Å². The quantitative estimate of drug-likeness (QED) is 0.790. The number of pyridine rings is 1. The molecule has 1 aromatic heterocycles. The number of halogens is 1. The molecule has 1 heterocycles. The molecule has 0 bridgehead atoms. The van der Waals surface area contributed by atoms with E-state index in [4.69, 9.17) is 16.3 Å². The first-order valence-corrected chi connectivity index (χ1v) is 6.26. The number of nitrogens with zero attached hydrogens (tertiary/aromatic N) is 1. The van der Waals surface area contributed by atoms with Crippen LogP contribution < -0.4 is 0 Å². The maximum Gasteiger partial charge on any atom is 0.357 e. The summed E-state index contributed by atoms with van der Waals surface area (Å²) in [6.45, 7) is 3.80. The first-order valence-electron chi connectivity index (χ1n) is 5.88. The van der Waals surface area contributed by atoms with Crippen LogP contribution in [0.5, 0.6) is 0 Å². The van der Waals surface area contributed by atoms with E-state index in [2.05, 4.69) is 4.98 Å². The van der Waals surface area contributed by atoms with E-state index in [0.717, 1.165) is 11.8 Å². The molecule has 2 aromatic rings. The molecule has 0 fully saturated rings. The SMILES string of the molecule is CCC(C)OC(=O)c1cc(Cl)c2ccccc2n1. The van der Waals surface area contributed by atoms with Gasteiger partial charge in [0, 0.05) is 5.39 Å². The average molecular weight is 264 g/mol. The van der Waals surface area contributed by atoms with E-state index in [9.17, 15) is 4.79 Å².